The Balaban J connectivity index is 1.29. The van der Waals surface area contributed by atoms with Gasteiger partial charge < -0.3 is 28.8 Å². The quantitative estimate of drug-likeness (QED) is 0.781. The largest absolute Gasteiger partial charge is 0.484 e. The number of likely N-dealkylation sites (tertiary alicyclic amines) is 1. The molecule has 0 spiro atoms. The van der Waals surface area contributed by atoms with E-state index in [1.165, 1.54) is 6.26 Å². The van der Waals surface area contributed by atoms with Gasteiger partial charge in [-0.25, -0.2) is 4.98 Å². The molecule has 0 saturated carbocycles. The lowest BCUT2D eigenvalue weighted by Gasteiger charge is -2.32. The predicted molar refractivity (Wildman–Crippen MR) is 101 cm³/mol. The highest BCUT2D eigenvalue weighted by Gasteiger charge is 2.23. The molecule has 8 heteroatoms. The van der Waals surface area contributed by atoms with Gasteiger partial charge in [-0.3, -0.25) is 4.79 Å². The fraction of sp³-hybridized carbons (Fsp3) is 0.500. The number of rotatable bonds is 7. The van der Waals surface area contributed by atoms with Crippen LogP contribution >= 0.6 is 0 Å². The molecule has 2 aromatic rings. The van der Waals surface area contributed by atoms with E-state index in [0.29, 0.717) is 23.1 Å². The van der Waals surface area contributed by atoms with Crippen LogP contribution in [0.5, 0.6) is 17.2 Å². The molecule has 0 radical (unpaired) electrons. The predicted octanol–water partition coefficient (Wildman–Crippen LogP) is 2.59. The number of amides is 1. The van der Waals surface area contributed by atoms with Crippen LogP contribution in [0.1, 0.15) is 42.6 Å². The van der Waals surface area contributed by atoms with Crippen molar-refractivity contribution in [3.05, 3.63) is 36.0 Å². The standard InChI is InChI=1S/C20H25N3O5/c1-2-7-23-8-3-4-14(10-23)21-20(24)16-11-26-19(22-16)12-25-15-5-6-17-18(9-15)28-13-27-17/h5-6,9,11,14H,2-4,7-8,10,12-13H2,1H3,(H,21,24)/t14-/m1/s1. The third kappa shape index (κ3) is 4.39. The van der Waals surface area contributed by atoms with Crippen molar-refractivity contribution in [1.82, 2.24) is 15.2 Å². The van der Waals surface area contributed by atoms with Crippen molar-refractivity contribution in [3.8, 4) is 17.2 Å². The number of hydrogen-bond acceptors (Lipinski definition) is 7. The Labute approximate surface area is 163 Å². The molecule has 1 N–H and O–H groups in total. The van der Waals surface area contributed by atoms with Gasteiger partial charge in [-0.2, -0.15) is 0 Å². The number of fused-ring (bicyclic) bond motifs is 1. The van der Waals surface area contributed by atoms with Crippen molar-refractivity contribution in [1.29, 1.82) is 0 Å². The molecule has 1 aromatic carbocycles. The van der Waals surface area contributed by atoms with Crippen molar-refractivity contribution in [2.24, 2.45) is 0 Å². The molecule has 3 heterocycles. The number of benzene rings is 1. The van der Waals surface area contributed by atoms with Gasteiger partial charge in [-0.1, -0.05) is 6.92 Å². The fourth-order valence-corrected chi connectivity index (χ4v) is 3.55. The second-order valence-electron chi connectivity index (χ2n) is 7.04. The summed E-state index contributed by atoms with van der Waals surface area (Å²) >= 11 is 0. The number of oxazole rings is 1. The maximum atomic E-state index is 12.5. The van der Waals surface area contributed by atoms with Gasteiger partial charge in [-0.05, 0) is 44.5 Å². The van der Waals surface area contributed by atoms with Crippen molar-refractivity contribution in [2.45, 2.75) is 38.8 Å². The molecule has 4 rings (SSSR count). The molecule has 28 heavy (non-hydrogen) atoms. The SMILES string of the molecule is CCCN1CCC[C@@H](NC(=O)c2coc(COc3ccc4c(c3)OCO4)n2)C1. The molecule has 8 nitrogen and oxygen atoms in total. The van der Waals surface area contributed by atoms with Crippen LogP contribution in [0.4, 0.5) is 0 Å². The molecule has 1 atom stereocenters. The van der Waals surface area contributed by atoms with E-state index in [1.54, 1.807) is 18.2 Å². The van der Waals surface area contributed by atoms with Crippen molar-refractivity contribution >= 4 is 5.91 Å². The van der Waals surface area contributed by atoms with Gasteiger partial charge in [0.15, 0.2) is 23.8 Å². The van der Waals surface area contributed by atoms with E-state index >= 15 is 0 Å². The minimum atomic E-state index is -0.207. The molecule has 1 fully saturated rings. The number of piperidine rings is 1. The zero-order chi connectivity index (χ0) is 19.3. The Hall–Kier alpha value is -2.74. The molecule has 0 unspecified atom stereocenters. The molecule has 0 bridgehead atoms. The lowest BCUT2D eigenvalue weighted by atomic mass is 10.1. The zero-order valence-electron chi connectivity index (χ0n) is 16.0. The molecule has 1 aromatic heterocycles. The number of ether oxygens (including phenoxy) is 3. The highest BCUT2D eigenvalue weighted by molar-refractivity contribution is 5.92. The topological polar surface area (TPSA) is 86.1 Å². The van der Waals surface area contributed by atoms with Gasteiger partial charge in [0.2, 0.25) is 12.7 Å². The van der Waals surface area contributed by atoms with Gasteiger partial charge in [0, 0.05) is 18.7 Å². The minimum Gasteiger partial charge on any atom is -0.484 e. The van der Waals surface area contributed by atoms with Crippen LogP contribution in [0.3, 0.4) is 0 Å². The van der Waals surface area contributed by atoms with Crippen LogP contribution in [-0.2, 0) is 6.61 Å². The van der Waals surface area contributed by atoms with Gasteiger partial charge in [0.05, 0.1) is 0 Å². The first-order valence-corrected chi connectivity index (χ1v) is 9.71. The Morgan fingerprint density at radius 2 is 2.25 bits per heavy atom. The average Bonchev–Trinajstić information content (AvgIpc) is 3.36. The van der Waals surface area contributed by atoms with Crippen LogP contribution in [-0.4, -0.2) is 48.3 Å². The Bertz CT molecular complexity index is 820. The van der Waals surface area contributed by atoms with E-state index in [2.05, 4.69) is 22.1 Å². The first kappa shape index (κ1) is 18.6. The Kier molecular flexibility index (Phi) is 5.66. The summed E-state index contributed by atoms with van der Waals surface area (Å²) in [5.74, 6) is 2.10. The maximum Gasteiger partial charge on any atom is 0.273 e. The van der Waals surface area contributed by atoms with Crippen molar-refractivity contribution in [3.63, 3.8) is 0 Å². The third-order valence-corrected chi connectivity index (χ3v) is 4.87. The van der Waals surface area contributed by atoms with Crippen LogP contribution in [0, 0.1) is 0 Å². The minimum absolute atomic E-state index is 0.126. The average molecular weight is 387 g/mol. The van der Waals surface area contributed by atoms with E-state index < -0.39 is 0 Å². The summed E-state index contributed by atoms with van der Waals surface area (Å²) in [7, 11) is 0. The van der Waals surface area contributed by atoms with E-state index in [1.807, 2.05) is 0 Å². The van der Waals surface area contributed by atoms with E-state index in [0.717, 1.165) is 38.9 Å². The summed E-state index contributed by atoms with van der Waals surface area (Å²) in [6.45, 7) is 5.57. The fourth-order valence-electron chi connectivity index (χ4n) is 3.55. The first-order valence-electron chi connectivity index (χ1n) is 9.71. The lowest BCUT2D eigenvalue weighted by Crippen LogP contribution is -2.47. The second kappa shape index (κ2) is 8.52. The van der Waals surface area contributed by atoms with Gasteiger partial charge in [0.1, 0.15) is 12.0 Å². The van der Waals surface area contributed by atoms with E-state index in [-0.39, 0.29) is 31.0 Å². The Morgan fingerprint density at radius 3 is 3.14 bits per heavy atom. The summed E-state index contributed by atoms with van der Waals surface area (Å²) in [5, 5.41) is 3.06. The first-order chi connectivity index (χ1) is 13.7. The van der Waals surface area contributed by atoms with E-state index in [9.17, 15) is 4.79 Å². The normalized spacial score (nSPS) is 18.8. The molecule has 0 aliphatic carbocycles. The van der Waals surface area contributed by atoms with Crippen molar-refractivity contribution in [2.75, 3.05) is 26.4 Å². The summed E-state index contributed by atoms with van der Waals surface area (Å²) in [6, 6.07) is 5.48. The summed E-state index contributed by atoms with van der Waals surface area (Å²) < 4.78 is 21.7. The lowest BCUT2D eigenvalue weighted by molar-refractivity contribution is 0.0898. The van der Waals surface area contributed by atoms with E-state index in [4.69, 9.17) is 18.6 Å². The maximum absolute atomic E-state index is 12.5. The molecular weight excluding hydrogens is 362 g/mol. The Morgan fingerprint density at radius 1 is 1.36 bits per heavy atom. The van der Waals surface area contributed by atoms with Crippen molar-refractivity contribution < 1.29 is 23.4 Å². The highest BCUT2D eigenvalue weighted by Crippen LogP contribution is 2.35. The third-order valence-electron chi connectivity index (χ3n) is 4.87. The number of carbonyl (C=O) groups excluding carboxylic acids is 1. The monoisotopic (exact) mass is 387 g/mol. The van der Waals surface area contributed by atoms with Crippen LogP contribution < -0.4 is 19.5 Å². The van der Waals surface area contributed by atoms with Crippen LogP contribution in [0.2, 0.25) is 0 Å². The zero-order valence-corrected chi connectivity index (χ0v) is 16.0. The molecule has 2 aliphatic heterocycles. The van der Waals surface area contributed by atoms with Gasteiger partial charge >= 0.3 is 0 Å². The number of nitrogens with zero attached hydrogens (tertiary/aromatic N) is 2. The summed E-state index contributed by atoms with van der Waals surface area (Å²) in [4.78, 5) is 19.1. The second-order valence-corrected chi connectivity index (χ2v) is 7.04. The molecule has 150 valence electrons. The summed E-state index contributed by atoms with van der Waals surface area (Å²) in [5.41, 5.74) is 0.275. The number of nitrogens with one attached hydrogen (secondary N) is 1. The highest BCUT2D eigenvalue weighted by atomic mass is 16.7. The van der Waals surface area contributed by atoms with Crippen LogP contribution in [0.25, 0.3) is 0 Å². The number of hydrogen-bond donors (Lipinski definition) is 1. The number of aromatic nitrogens is 1. The smallest absolute Gasteiger partial charge is 0.273 e. The molecule has 2 aliphatic rings. The molecular formula is C20H25N3O5. The van der Waals surface area contributed by atoms with Gasteiger partial charge in [-0.15, -0.1) is 0 Å². The summed E-state index contributed by atoms with van der Waals surface area (Å²) in [6.07, 6.45) is 4.58. The number of carbonyl (C=O) groups is 1. The van der Waals surface area contributed by atoms with Crippen LogP contribution in [0.15, 0.2) is 28.9 Å². The molecule has 1 amide bonds. The molecule has 1 saturated heterocycles. The van der Waals surface area contributed by atoms with Gasteiger partial charge in [0.25, 0.3) is 5.91 Å².